The van der Waals surface area contributed by atoms with Gasteiger partial charge < -0.3 is 14.5 Å². The van der Waals surface area contributed by atoms with E-state index in [1.807, 2.05) is 0 Å². The minimum absolute atomic E-state index is 0.0143. The number of nitrogens with zero attached hydrogens (tertiary/aromatic N) is 4. The Labute approximate surface area is 202 Å². The normalized spacial score (nSPS) is 17.2. The first-order valence-corrected chi connectivity index (χ1v) is 11.4. The molecule has 0 radical (unpaired) electrons. The number of hydrogen-bond donors (Lipinski definition) is 0. The van der Waals surface area contributed by atoms with E-state index in [0.717, 1.165) is 12.8 Å². The van der Waals surface area contributed by atoms with Gasteiger partial charge in [-0.25, -0.2) is 4.79 Å². The Morgan fingerprint density at radius 1 is 0.917 bits per heavy atom. The first-order valence-electron chi connectivity index (χ1n) is 11.4. The van der Waals surface area contributed by atoms with E-state index in [1.54, 1.807) is 15.6 Å². The van der Waals surface area contributed by atoms with E-state index in [4.69, 9.17) is 4.74 Å². The Kier molecular flexibility index (Phi) is 6.93. The largest absolute Gasteiger partial charge is 0.445 e. The van der Waals surface area contributed by atoms with E-state index in [1.165, 1.54) is 4.90 Å². The van der Waals surface area contributed by atoms with Crippen LogP contribution in [0, 0.1) is 5.92 Å². The van der Waals surface area contributed by atoms with Gasteiger partial charge in [0.25, 0.3) is 5.91 Å². The number of carbonyl (C=O) groups excluding carboxylic acids is 2. The number of alkyl halides is 6. The highest BCUT2D eigenvalue weighted by Crippen LogP contribution is 2.36. The molecule has 0 unspecified atom stereocenters. The summed E-state index contributed by atoms with van der Waals surface area (Å²) < 4.78 is 84.9. The standard InChI is InChI=1S/C23H24F6N4O3/c1-14-2-4-31(5-3-14)20(34)19-11-18-12-32(6-7-33(18)30-19)21(35)36-13-15-8-16(22(24,25)26)10-17(9-15)23(27,28)29/h8-11,14H,2-7,12-13H2,1H3. The predicted octanol–water partition coefficient (Wildman–Crippen LogP) is 4.95. The number of aromatic nitrogens is 2. The molecule has 4 rings (SSSR count). The van der Waals surface area contributed by atoms with Gasteiger partial charge in [0.15, 0.2) is 5.69 Å². The van der Waals surface area contributed by atoms with Crippen LogP contribution in [0.4, 0.5) is 31.1 Å². The van der Waals surface area contributed by atoms with Crippen molar-refractivity contribution in [3.05, 3.63) is 52.3 Å². The van der Waals surface area contributed by atoms with Gasteiger partial charge in [-0.2, -0.15) is 31.4 Å². The summed E-state index contributed by atoms with van der Waals surface area (Å²) in [6, 6.07) is 2.64. The van der Waals surface area contributed by atoms with Crippen LogP contribution in [0.15, 0.2) is 24.3 Å². The van der Waals surface area contributed by atoms with E-state index in [2.05, 4.69) is 12.0 Å². The van der Waals surface area contributed by atoms with Gasteiger partial charge >= 0.3 is 18.4 Å². The van der Waals surface area contributed by atoms with Crippen LogP contribution < -0.4 is 0 Å². The van der Waals surface area contributed by atoms with Crippen molar-refractivity contribution >= 4 is 12.0 Å². The second kappa shape index (κ2) is 9.66. The van der Waals surface area contributed by atoms with Gasteiger partial charge in [-0.3, -0.25) is 9.48 Å². The first kappa shape index (κ1) is 25.8. The molecule has 0 spiro atoms. The minimum atomic E-state index is -4.99. The summed E-state index contributed by atoms with van der Waals surface area (Å²) in [6.45, 7) is 3.10. The molecule has 1 saturated heterocycles. The van der Waals surface area contributed by atoms with Crippen LogP contribution in [0.5, 0.6) is 0 Å². The molecule has 2 aliphatic rings. The van der Waals surface area contributed by atoms with E-state index in [-0.39, 0.29) is 37.3 Å². The summed E-state index contributed by atoms with van der Waals surface area (Å²) in [4.78, 5) is 28.3. The van der Waals surface area contributed by atoms with E-state index in [0.29, 0.717) is 36.8 Å². The van der Waals surface area contributed by atoms with Crippen LogP contribution in [-0.4, -0.2) is 51.2 Å². The highest BCUT2D eigenvalue weighted by atomic mass is 19.4. The zero-order valence-corrected chi connectivity index (χ0v) is 19.3. The summed E-state index contributed by atoms with van der Waals surface area (Å²) in [7, 11) is 0. The summed E-state index contributed by atoms with van der Waals surface area (Å²) in [5.74, 6) is 0.364. The fraction of sp³-hybridized carbons (Fsp3) is 0.522. The second-order valence-corrected chi connectivity index (χ2v) is 9.11. The molecule has 0 bridgehead atoms. The number of benzene rings is 1. The average molecular weight is 518 g/mol. The van der Waals surface area contributed by atoms with E-state index < -0.39 is 41.7 Å². The lowest BCUT2D eigenvalue weighted by Gasteiger charge is -2.29. The summed E-state index contributed by atoms with van der Waals surface area (Å²) in [5, 5.41) is 4.33. The highest BCUT2D eigenvalue weighted by Gasteiger charge is 2.37. The fourth-order valence-electron chi connectivity index (χ4n) is 4.24. The Morgan fingerprint density at radius 2 is 1.53 bits per heavy atom. The molecule has 196 valence electrons. The molecule has 2 amide bonds. The molecule has 0 aliphatic carbocycles. The third-order valence-electron chi connectivity index (χ3n) is 6.36. The molecular weight excluding hydrogens is 494 g/mol. The number of ether oxygens (including phenoxy) is 1. The Bertz CT molecular complexity index is 1100. The smallest absolute Gasteiger partial charge is 0.416 e. The maximum atomic E-state index is 13.0. The van der Waals surface area contributed by atoms with Gasteiger partial charge in [-0.15, -0.1) is 0 Å². The van der Waals surface area contributed by atoms with Crippen molar-refractivity contribution in [1.29, 1.82) is 0 Å². The lowest BCUT2D eigenvalue weighted by atomic mass is 9.99. The molecule has 1 aromatic carbocycles. The summed E-state index contributed by atoms with van der Waals surface area (Å²) in [5.41, 5.74) is -2.56. The Balaban J connectivity index is 1.40. The van der Waals surface area contributed by atoms with Crippen molar-refractivity contribution in [2.45, 2.75) is 51.8 Å². The Morgan fingerprint density at radius 3 is 2.11 bits per heavy atom. The molecule has 1 aromatic heterocycles. The summed E-state index contributed by atoms with van der Waals surface area (Å²) in [6.07, 6.45) is -9.06. The maximum absolute atomic E-state index is 13.0. The monoisotopic (exact) mass is 518 g/mol. The van der Waals surface area contributed by atoms with Gasteiger partial charge in [0, 0.05) is 19.6 Å². The molecule has 1 fully saturated rings. The van der Waals surface area contributed by atoms with Crippen LogP contribution in [0.1, 0.15) is 52.6 Å². The topological polar surface area (TPSA) is 67.7 Å². The molecular formula is C23H24F6N4O3. The van der Waals surface area contributed by atoms with Crippen LogP contribution >= 0.6 is 0 Å². The number of rotatable bonds is 3. The lowest BCUT2D eigenvalue weighted by Crippen LogP contribution is -2.39. The average Bonchev–Trinajstić information content (AvgIpc) is 3.24. The first-order chi connectivity index (χ1) is 16.8. The van der Waals surface area contributed by atoms with Crippen LogP contribution in [0.2, 0.25) is 0 Å². The fourth-order valence-corrected chi connectivity index (χ4v) is 4.24. The van der Waals surface area contributed by atoms with Crippen molar-refractivity contribution in [2.24, 2.45) is 5.92 Å². The van der Waals surface area contributed by atoms with Crippen molar-refractivity contribution in [3.63, 3.8) is 0 Å². The van der Waals surface area contributed by atoms with Crippen LogP contribution in [0.25, 0.3) is 0 Å². The van der Waals surface area contributed by atoms with E-state index >= 15 is 0 Å². The van der Waals surface area contributed by atoms with Crippen LogP contribution in [-0.2, 0) is 36.8 Å². The Hall–Kier alpha value is -3.25. The molecule has 3 heterocycles. The number of piperidine rings is 1. The van der Waals surface area contributed by atoms with Gasteiger partial charge in [0.05, 0.1) is 29.9 Å². The van der Waals surface area contributed by atoms with Crippen molar-refractivity contribution < 1.29 is 40.7 Å². The van der Waals surface area contributed by atoms with Gasteiger partial charge in [-0.1, -0.05) is 6.92 Å². The number of amides is 2. The van der Waals surface area contributed by atoms with Crippen LogP contribution in [0.3, 0.4) is 0 Å². The maximum Gasteiger partial charge on any atom is 0.416 e. The quantitative estimate of drug-likeness (QED) is 0.540. The number of likely N-dealkylation sites (tertiary alicyclic amines) is 1. The van der Waals surface area contributed by atoms with Gasteiger partial charge in [0.2, 0.25) is 0 Å². The minimum Gasteiger partial charge on any atom is -0.445 e. The molecule has 0 N–H and O–H groups in total. The molecule has 36 heavy (non-hydrogen) atoms. The molecule has 2 aliphatic heterocycles. The lowest BCUT2D eigenvalue weighted by molar-refractivity contribution is -0.143. The third kappa shape index (κ3) is 5.76. The molecule has 0 saturated carbocycles. The SMILES string of the molecule is CC1CCN(C(=O)c2cc3n(n2)CCN(C(=O)OCc2cc(C(F)(F)F)cc(C(F)(F)F)c2)C3)CC1. The second-order valence-electron chi connectivity index (χ2n) is 9.11. The number of carbonyl (C=O) groups is 2. The number of hydrogen-bond acceptors (Lipinski definition) is 4. The predicted molar refractivity (Wildman–Crippen MR) is 114 cm³/mol. The van der Waals surface area contributed by atoms with E-state index in [9.17, 15) is 35.9 Å². The summed E-state index contributed by atoms with van der Waals surface area (Å²) >= 11 is 0. The van der Waals surface area contributed by atoms with Gasteiger partial charge in [-0.05, 0) is 48.6 Å². The molecule has 7 nitrogen and oxygen atoms in total. The third-order valence-corrected chi connectivity index (χ3v) is 6.36. The van der Waals surface area contributed by atoms with Crippen molar-refractivity contribution in [2.75, 3.05) is 19.6 Å². The number of halogens is 6. The zero-order chi connectivity index (χ0) is 26.3. The molecule has 0 atom stereocenters. The number of fused-ring (bicyclic) bond motifs is 1. The van der Waals surface area contributed by atoms with Gasteiger partial charge in [0.1, 0.15) is 6.61 Å². The zero-order valence-electron chi connectivity index (χ0n) is 19.3. The molecule has 2 aromatic rings. The highest BCUT2D eigenvalue weighted by molar-refractivity contribution is 5.92. The van der Waals surface area contributed by atoms with Crippen molar-refractivity contribution in [1.82, 2.24) is 19.6 Å². The van der Waals surface area contributed by atoms with Crippen molar-refractivity contribution in [3.8, 4) is 0 Å². The molecule has 13 heteroatoms.